The zero-order valence-electron chi connectivity index (χ0n) is 20.9. The summed E-state index contributed by atoms with van der Waals surface area (Å²) in [5.41, 5.74) is 2.16. The SMILES string of the molecule is O=C(O)C(F)(F)F.O=C(c1ccc(Cl)cc1)N1CC2(CCN(Cc3ccccc3Oc3cccnc3)CC2)C1. The molecule has 2 aromatic carbocycles. The monoisotopic (exact) mass is 561 g/mol. The van der Waals surface area contributed by atoms with Crippen LogP contribution in [-0.2, 0) is 11.3 Å². The van der Waals surface area contributed by atoms with Gasteiger partial charge in [0.05, 0.1) is 6.20 Å². The van der Waals surface area contributed by atoms with Crippen LogP contribution in [0.4, 0.5) is 13.2 Å². The molecule has 3 aromatic rings. The van der Waals surface area contributed by atoms with Crippen molar-refractivity contribution in [3.05, 3.63) is 89.2 Å². The van der Waals surface area contributed by atoms with Crippen molar-refractivity contribution in [3.8, 4) is 11.5 Å². The molecule has 1 aromatic heterocycles. The number of benzene rings is 2. The maximum absolute atomic E-state index is 12.7. The molecule has 1 amide bonds. The number of likely N-dealkylation sites (tertiary alicyclic amines) is 2. The van der Waals surface area contributed by atoms with Gasteiger partial charge in [0.15, 0.2) is 0 Å². The smallest absolute Gasteiger partial charge is 0.475 e. The van der Waals surface area contributed by atoms with Gasteiger partial charge in [0.2, 0.25) is 0 Å². The molecule has 2 fully saturated rings. The average Bonchev–Trinajstić information content (AvgIpc) is 2.89. The maximum atomic E-state index is 12.7. The Morgan fingerprint density at radius 2 is 1.64 bits per heavy atom. The largest absolute Gasteiger partial charge is 0.490 e. The van der Waals surface area contributed by atoms with Crippen molar-refractivity contribution in [1.29, 1.82) is 0 Å². The normalized spacial score (nSPS) is 16.6. The molecule has 0 saturated carbocycles. The van der Waals surface area contributed by atoms with E-state index in [1.807, 2.05) is 41.3 Å². The fourth-order valence-corrected chi connectivity index (χ4v) is 4.82. The van der Waals surface area contributed by atoms with E-state index >= 15 is 0 Å². The minimum atomic E-state index is -5.08. The van der Waals surface area contributed by atoms with Crippen LogP contribution in [0.25, 0.3) is 0 Å². The predicted molar refractivity (Wildman–Crippen MR) is 139 cm³/mol. The van der Waals surface area contributed by atoms with E-state index < -0.39 is 12.1 Å². The molecule has 0 unspecified atom stereocenters. The van der Waals surface area contributed by atoms with Gasteiger partial charge >= 0.3 is 12.1 Å². The number of piperidine rings is 1. The molecule has 7 nitrogen and oxygen atoms in total. The standard InChI is InChI=1S/C26H26ClN3O2.C2HF3O2/c27-22-9-7-20(8-10-22)25(31)30-18-26(19-30)11-14-29(15-12-26)17-21-4-1-2-6-24(21)32-23-5-3-13-28-16-23;3-2(4,5)1(6)7/h1-10,13,16H,11-12,14-15,17-19H2;(H,6,7). The van der Waals surface area contributed by atoms with Crippen LogP contribution in [0.2, 0.25) is 5.02 Å². The summed E-state index contributed by atoms with van der Waals surface area (Å²) >= 11 is 5.94. The lowest BCUT2D eigenvalue weighted by atomic mass is 9.71. The van der Waals surface area contributed by atoms with E-state index in [9.17, 15) is 18.0 Å². The molecule has 2 aliphatic heterocycles. The fourth-order valence-electron chi connectivity index (χ4n) is 4.69. The number of pyridine rings is 1. The highest BCUT2D eigenvalue weighted by molar-refractivity contribution is 6.30. The van der Waals surface area contributed by atoms with Crippen molar-refractivity contribution >= 4 is 23.5 Å². The average molecular weight is 562 g/mol. The van der Waals surface area contributed by atoms with E-state index in [0.717, 1.165) is 57.1 Å². The quantitative estimate of drug-likeness (QED) is 0.418. The first-order chi connectivity index (χ1) is 18.5. The molecule has 11 heteroatoms. The highest BCUT2D eigenvalue weighted by Crippen LogP contribution is 2.41. The molecule has 206 valence electrons. The van der Waals surface area contributed by atoms with E-state index in [-0.39, 0.29) is 11.3 Å². The number of carbonyl (C=O) groups excluding carboxylic acids is 1. The number of halogens is 4. The summed E-state index contributed by atoms with van der Waals surface area (Å²) in [5.74, 6) is -1.02. The molecule has 0 radical (unpaired) electrons. The Labute approximate surface area is 228 Å². The molecular formula is C28H27ClF3N3O4. The van der Waals surface area contributed by atoms with Crippen LogP contribution in [0.15, 0.2) is 73.1 Å². The minimum Gasteiger partial charge on any atom is -0.475 e. The number of carboxylic acid groups (broad SMARTS) is 1. The number of para-hydroxylation sites is 1. The first kappa shape index (κ1) is 28.4. The summed E-state index contributed by atoms with van der Waals surface area (Å²) in [7, 11) is 0. The molecular weight excluding hydrogens is 535 g/mol. The van der Waals surface area contributed by atoms with Crippen LogP contribution in [-0.4, -0.2) is 64.1 Å². The Hall–Kier alpha value is -3.63. The lowest BCUT2D eigenvalue weighted by Gasteiger charge is -2.54. The van der Waals surface area contributed by atoms with Gasteiger partial charge in [0.25, 0.3) is 5.91 Å². The van der Waals surface area contributed by atoms with Crippen LogP contribution in [0.1, 0.15) is 28.8 Å². The molecule has 5 rings (SSSR count). The third kappa shape index (κ3) is 7.48. The molecule has 1 N–H and O–H groups in total. The Morgan fingerprint density at radius 3 is 2.23 bits per heavy atom. The van der Waals surface area contributed by atoms with Crippen molar-refractivity contribution in [2.75, 3.05) is 26.2 Å². The van der Waals surface area contributed by atoms with Gasteiger partial charge in [-0.15, -0.1) is 0 Å². The summed E-state index contributed by atoms with van der Waals surface area (Å²) in [5, 5.41) is 7.78. The van der Waals surface area contributed by atoms with Gasteiger partial charge < -0.3 is 14.7 Å². The van der Waals surface area contributed by atoms with E-state index in [4.69, 9.17) is 26.2 Å². The number of aromatic nitrogens is 1. The van der Waals surface area contributed by atoms with Gasteiger partial charge in [0.1, 0.15) is 11.5 Å². The topological polar surface area (TPSA) is 83.0 Å². The van der Waals surface area contributed by atoms with Gasteiger partial charge in [-0.2, -0.15) is 13.2 Å². The van der Waals surface area contributed by atoms with Crippen LogP contribution in [0.5, 0.6) is 11.5 Å². The molecule has 39 heavy (non-hydrogen) atoms. The highest BCUT2D eigenvalue weighted by Gasteiger charge is 2.46. The van der Waals surface area contributed by atoms with Crippen LogP contribution in [0, 0.1) is 5.41 Å². The summed E-state index contributed by atoms with van der Waals surface area (Å²) in [6, 6.07) is 19.2. The number of carboxylic acids is 1. The summed E-state index contributed by atoms with van der Waals surface area (Å²) in [6.45, 7) is 4.63. The zero-order chi connectivity index (χ0) is 28.0. The zero-order valence-corrected chi connectivity index (χ0v) is 21.7. The lowest BCUT2D eigenvalue weighted by Crippen LogP contribution is -2.61. The Bertz CT molecular complexity index is 1270. The second kappa shape index (κ2) is 12.0. The van der Waals surface area contributed by atoms with Crippen LogP contribution >= 0.6 is 11.6 Å². The van der Waals surface area contributed by atoms with E-state index in [1.54, 1.807) is 24.5 Å². The van der Waals surface area contributed by atoms with Gasteiger partial charge in [-0.3, -0.25) is 14.7 Å². The Balaban J connectivity index is 0.000000448. The van der Waals surface area contributed by atoms with E-state index in [0.29, 0.717) is 10.6 Å². The van der Waals surface area contributed by atoms with Crippen molar-refractivity contribution in [2.45, 2.75) is 25.6 Å². The molecule has 1 spiro atoms. The summed E-state index contributed by atoms with van der Waals surface area (Å²) in [4.78, 5) is 30.2. The third-order valence-corrected chi connectivity index (χ3v) is 7.07. The fraction of sp³-hybridized carbons (Fsp3) is 0.321. The van der Waals surface area contributed by atoms with Crippen molar-refractivity contribution in [3.63, 3.8) is 0 Å². The van der Waals surface area contributed by atoms with Crippen molar-refractivity contribution in [1.82, 2.24) is 14.8 Å². The second-order valence-electron chi connectivity index (χ2n) is 9.65. The first-order valence-electron chi connectivity index (χ1n) is 12.3. The number of amides is 1. The third-order valence-electron chi connectivity index (χ3n) is 6.82. The van der Waals surface area contributed by atoms with Gasteiger partial charge in [-0.25, -0.2) is 4.79 Å². The number of rotatable bonds is 5. The number of nitrogens with zero attached hydrogens (tertiary/aromatic N) is 3. The van der Waals surface area contributed by atoms with Crippen LogP contribution in [0.3, 0.4) is 0 Å². The predicted octanol–water partition coefficient (Wildman–Crippen LogP) is 5.90. The van der Waals surface area contributed by atoms with Crippen molar-refractivity contribution in [2.24, 2.45) is 5.41 Å². The first-order valence-corrected chi connectivity index (χ1v) is 12.7. The molecule has 3 heterocycles. The van der Waals surface area contributed by atoms with Crippen LogP contribution < -0.4 is 4.74 Å². The van der Waals surface area contributed by atoms with Gasteiger partial charge in [0, 0.05) is 47.4 Å². The summed E-state index contributed by atoms with van der Waals surface area (Å²) < 4.78 is 37.8. The molecule has 0 bridgehead atoms. The number of carbonyl (C=O) groups is 2. The van der Waals surface area contributed by atoms with E-state index in [2.05, 4.69) is 22.0 Å². The van der Waals surface area contributed by atoms with Gasteiger partial charge in [-0.05, 0) is 68.4 Å². The lowest BCUT2D eigenvalue weighted by molar-refractivity contribution is -0.192. The number of hydrogen-bond acceptors (Lipinski definition) is 5. The highest BCUT2D eigenvalue weighted by atomic mass is 35.5. The molecule has 0 aliphatic carbocycles. The molecule has 2 aliphatic rings. The number of hydrogen-bond donors (Lipinski definition) is 1. The van der Waals surface area contributed by atoms with E-state index in [1.165, 1.54) is 5.56 Å². The number of alkyl halides is 3. The number of aliphatic carboxylic acids is 1. The summed E-state index contributed by atoms with van der Waals surface area (Å²) in [6.07, 6.45) is 0.619. The van der Waals surface area contributed by atoms with Gasteiger partial charge in [-0.1, -0.05) is 29.8 Å². The van der Waals surface area contributed by atoms with Crippen molar-refractivity contribution < 1.29 is 32.6 Å². The minimum absolute atomic E-state index is 0.108. The molecule has 2 saturated heterocycles. The Kier molecular flexibility index (Phi) is 8.76. The second-order valence-corrected chi connectivity index (χ2v) is 10.1. The Morgan fingerprint density at radius 1 is 1.00 bits per heavy atom. The number of ether oxygens (including phenoxy) is 1. The maximum Gasteiger partial charge on any atom is 0.490 e. The molecule has 0 atom stereocenters.